The van der Waals surface area contributed by atoms with Crippen molar-refractivity contribution in [1.29, 1.82) is 0 Å². The van der Waals surface area contributed by atoms with Crippen molar-refractivity contribution >= 4 is 22.4 Å². The lowest BCUT2D eigenvalue weighted by Crippen LogP contribution is -2.47. The molecule has 0 saturated carbocycles. The van der Waals surface area contributed by atoms with Crippen LogP contribution in [-0.2, 0) is 0 Å². The molecule has 1 N–H and O–H groups in total. The van der Waals surface area contributed by atoms with Crippen LogP contribution in [0.25, 0.3) is 10.8 Å². The number of ether oxygens (including phenoxy) is 1. The van der Waals surface area contributed by atoms with Gasteiger partial charge in [-0.3, -0.25) is 4.79 Å². The zero-order valence-corrected chi connectivity index (χ0v) is 16.9. The zero-order chi connectivity index (χ0) is 20.4. The zero-order valence-electron chi connectivity index (χ0n) is 16.9. The molecule has 0 saturated heterocycles. The number of amides is 1. The summed E-state index contributed by atoms with van der Waals surface area (Å²) in [6, 6.07) is 20.0. The molecule has 0 bridgehead atoms. The number of nitrogens with one attached hydrogen (secondary N) is 1. The van der Waals surface area contributed by atoms with Crippen LogP contribution in [0.2, 0.25) is 0 Å². The lowest BCUT2D eigenvalue weighted by Gasteiger charge is -2.42. The summed E-state index contributed by atoms with van der Waals surface area (Å²) in [4.78, 5) is 15.4. The molecule has 3 aromatic carbocycles. The van der Waals surface area contributed by atoms with E-state index in [-0.39, 0.29) is 18.1 Å². The van der Waals surface area contributed by atoms with Crippen molar-refractivity contribution in [1.82, 2.24) is 4.90 Å². The SMILES string of the molecule is C=CCOc1ccc2ccccc2c1C1Nc2ccccc2C(=O)N1C(C)CC. The van der Waals surface area contributed by atoms with Gasteiger partial charge in [0.05, 0.1) is 5.56 Å². The Morgan fingerprint density at radius 1 is 1.14 bits per heavy atom. The van der Waals surface area contributed by atoms with Gasteiger partial charge in [0.25, 0.3) is 5.91 Å². The van der Waals surface area contributed by atoms with Crippen molar-refractivity contribution < 1.29 is 9.53 Å². The summed E-state index contributed by atoms with van der Waals surface area (Å²) < 4.78 is 6.04. The van der Waals surface area contributed by atoms with E-state index in [1.807, 2.05) is 47.4 Å². The Morgan fingerprint density at radius 2 is 1.90 bits per heavy atom. The minimum absolute atomic E-state index is 0.0429. The van der Waals surface area contributed by atoms with E-state index in [4.69, 9.17) is 4.74 Å². The van der Waals surface area contributed by atoms with Gasteiger partial charge in [0.1, 0.15) is 18.5 Å². The largest absolute Gasteiger partial charge is 0.489 e. The van der Waals surface area contributed by atoms with E-state index in [9.17, 15) is 4.79 Å². The Morgan fingerprint density at radius 3 is 2.69 bits per heavy atom. The van der Waals surface area contributed by atoms with Gasteiger partial charge in [0, 0.05) is 17.3 Å². The summed E-state index contributed by atoms with van der Waals surface area (Å²) in [5, 5.41) is 5.81. The van der Waals surface area contributed by atoms with Gasteiger partial charge in [0.15, 0.2) is 0 Å². The van der Waals surface area contributed by atoms with Crippen molar-refractivity contribution in [2.75, 3.05) is 11.9 Å². The maximum Gasteiger partial charge on any atom is 0.258 e. The summed E-state index contributed by atoms with van der Waals surface area (Å²) in [5.74, 6) is 0.808. The van der Waals surface area contributed by atoms with E-state index in [1.165, 1.54) is 0 Å². The predicted molar refractivity (Wildman–Crippen MR) is 118 cm³/mol. The van der Waals surface area contributed by atoms with E-state index in [2.05, 4.69) is 43.9 Å². The van der Waals surface area contributed by atoms with Crippen LogP contribution in [-0.4, -0.2) is 23.5 Å². The molecular formula is C25H26N2O2. The number of para-hydroxylation sites is 1. The third kappa shape index (κ3) is 3.35. The second-order valence-corrected chi connectivity index (χ2v) is 7.36. The highest BCUT2D eigenvalue weighted by Gasteiger charge is 2.37. The first-order valence-corrected chi connectivity index (χ1v) is 10.1. The Kier molecular flexibility index (Phi) is 5.26. The average Bonchev–Trinajstić information content (AvgIpc) is 2.76. The standard InChI is InChI=1S/C25H26N2O2/c1-4-16-29-22-15-14-18-10-6-7-11-19(18)23(22)24-26-21-13-9-8-12-20(21)25(28)27(24)17(3)5-2/h4,6-15,17,24,26H,1,5,16H2,2-3H3. The molecular weight excluding hydrogens is 360 g/mol. The maximum absolute atomic E-state index is 13.5. The molecule has 0 aliphatic carbocycles. The Hall–Kier alpha value is -3.27. The minimum Gasteiger partial charge on any atom is -0.489 e. The summed E-state index contributed by atoms with van der Waals surface area (Å²) in [5.41, 5.74) is 2.54. The molecule has 0 radical (unpaired) electrons. The molecule has 1 aliphatic heterocycles. The second-order valence-electron chi connectivity index (χ2n) is 7.36. The highest BCUT2D eigenvalue weighted by molar-refractivity contribution is 6.02. The molecule has 1 aliphatic rings. The topological polar surface area (TPSA) is 41.6 Å². The monoisotopic (exact) mass is 386 g/mol. The molecule has 1 amide bonds. The molecule has 0 aromatic heterocycles. The number of carbonyl (C=O) groups is 1. The molecule has 0 spiro atoms. The van der Waals surface area contributed by atoms with Crippen LogP contribution in [0.3, 0.4) is 0 Å². The molecule has 1 heterocycles. The van der Waals surface area contributed by atoms with Gasteiger partial charge in [-0.1, -0.05) is 62.0 Å². The second kappa shape index (κ2) is 8.00. The average molecular weight is 386 g/mol. The lowest BCUT2D eigenvalue weighted by molar-refractivity contribution is 0.0592. The fraction of sp³-hybridized carbons (Fsp3) is 0.240. The van der Waals surface area contributed by atoms with Gasteiger partial charge < -0.3 is 15.0 Å². The first-order valence-electron chi connectivity index (χ1n) is 10.1. The summed E-state index contributed by atoms with van der Waals surface area (Å²) in [6.07, 6.45) is 2.28. The van der Waals surface area contributed by atoms with Crippen molar-refractivity contribution in [2.24, 2.45) is 0 Å². The minimum atomic E-state index is -0.321. The number of nitrogens with zero attached hydrogens (tertiary/aromatic N) is 1. The molecule has 3 aromatic rings. The third-order valence-corrected chi connectivity index (χ3v) is 5.59. The highest BCUT2D eigenvalue weighted by Crippen LogP contribution is 2.41. The van der Waals surface area contributed by atoms with E-state index < -0.39 is 0 Å². The lowest BCUT2D eigenvalue weighted by atomic mass is 9.96. The molecule has 4 rings (SSSR count). The predicted octanol–water partition coefficient (Wildman–Crippen LogP) is 5.77. The van der Waals surface area contributed by atoms with Crippen molar-refractivity contribution in [3.8, 4) is 5.75 Å². The molecule has 2 atom stereocenters. The van der Waals surface area contributed by atoms with Crippen LogP contribution in [0.5, 0.6) is 5.75 Å². The number of anilines is 1. The maximum atomic E-state index is 13.5. The van der Waals surface area contributed by atoms with E-state index >= 15 is 0 Å². The third-order valence-electron chi connectivity index (χ3n) is 5.59. The molecule has 29 heavy (non-hydrogen) atoms. The number of carbonyl (C=O) groups excluding carboxylic acids is 1. The van der Waals surface area contributed by atoms with E-state index in [0.717, 1.165) is 34.2 Å². The van der Waals surface area contributed by atoms with Crippen molar-refractivity contribution in [3.63, 3.8) is 0 Å². The molecule has 0 fully saturated rings. The molecule has 4 heteroatoms. The summed E-state index contributed by atoms with van der Waals surface area (Å²) in [7, 11) is 0. The van der Waals surface area contributed by atoms with Crippen molar-refractivity contribution in [2.45, 2.75) is 32.5 Å². The molecule has 4 nitrogen and oxygen atoms in total. The number of rotatable bonds is 6. The first kappa shape index (κ1) is 19.1. The van der Waals surface area contributed by atoms with Crippen molar-refractivity contribution in [3.05, 3.63) is 84.4 Å². The molecule has 2 unspecified atom stereocenters. The van der Waals surface area contributed by atoms with Crippen LogP contribution in [0.4, 0.5) is 5.69 Å². The first-order chi connectivity index (χ1) is 14.2. The number of benzene rings is 3. The van der Waals surface area contributed by atoms with Crippen LogP contribution in [0, 0.1) is 0 Å². The van der Waals surface area contributed by atoms with Gasteiger partial charge >= 0.3 is 0 Å². The van der Waals surface area contributed by atoms with Crippen LogP contribution in [0.15, 0.2) is 73.3 Å². The number of hydrogen-bond acceptors (Lipinski definition) is 3. The van der Waals surface area contributed by atoms with Crippen LogP contribution < -0.4 is 10.1 Å². The smallest absolute Gasteiger partial charge is 0.258 e. The van der Waals surface area contributed by atoms with E-state index in [0.29, 0.717) is 12.2 Å². The summed E-state index contributed by atoms with van der Waals surface area (Å²) >= 11 is 0. The van der Waals surface area contributed by atoms with Gasteiger partial charge in [-0.25, -0.2) is 0 Å². The fourth-order valence-electron chi connectivity index (χ4n) is 3.96. The Bertz CT molecular complexity index is 1060. The van der Waals surface area contributed by atoms with Gasteiger partial charge in [-0.15, -0.1) is 0 Å². The fourth-order valence-corrected chi connectivity index (χ4v) is 3.96. The molecule has 148 valence electrons. The van der Waals surface area contributed by atoms with Gasteiger partial charge in [0.2, 0.25) is 0 Å². The van der Waals surface area contributed by atoms with E-state index in [1.54, 1.807) is 6.08 Å². The van der Waals surface area contributed by atoms with Gasteiger partial charge in [-0.2, -0.15) is 0 Å². The van der Waals surface area contributed by atoms with Gasteiger partial charge in [-0.05, 0) is 42.3 Å². The number of hydrogen-bond donors (Lipinski definition) is 1. The summed E-state index contributed by atoms with van der Waals surface area (Å²) in [6.45, 7) is 8.38. The van der Waals surface area contributed by atoms with Crippen LogP contribution >= 0.6 is 0 Å². The Balaban J connectivity index is 1.94. The van der Waals surface area contributed by atoms with Crippen LogP contribution in [0.1, 0.15) is 42.4 Å². The number of fused-ring (bicyclic) bond motifs is 2. The highest BCUT2D eigenvalue weighted by atomic mass is 16.5. The quantitative estimate of drug-likeness (QED) is 0.547. The Labute approximate surface area is 171 Å². The normalized spacial score (nSPS) is 16.8.